The number of piperazine rings is 1. The van der Waals surface area contributed by atoms with Gasteiger partial charge < -0.3 is 15.1 Å². The number of amides is 2. The van der Waals surface area contributed by atoms with Crippen LogP contribution in [-0.2, 0) is 11.3 Å². The lowest BCUT2D eigenvalue weighted by Crippen LogP contribution is -2.50. The van der Waals surface area contributed by atoms with Gasteiger partial charge in [-0.15, -0.1) is 0 Å². The lowest BCUT2D eigenvalue weighted by molar-refractivity contribution is -0.130. The standard InChI is InChI=1S/C19H21ClN4O2/c1-14(25)23-6-8-24(9-7-23)19(26)16-10-18(13-21-12-16)22-11-15-2-4-17(20)5-3-15/h2-5,10,12-13,22H,6-9,11H2,1H3. The Balaban J connectivity index is 1.60. The Morgan fingerprint density at radius 1 is 1.08 bits per heavy atom. The molecule has 0 radical (unpaired) electrons. The molecule has 0 atom stereocenters. The van der Waals surface area contributed by atoms with Gasteiger partial charge in [0.2, 0.25) is 5.91 Å². The van der Waals surface area contributed by atoms with Gasteiger partial charge in [0.1, 0.15) is 0 Å². The first-order valence-electron chi connectivity index (χ1n) is 8.51. The van der Waals surface area contributed by atoms with Gasteiger partial charge in [-0.1, -0.05) is 23.7 Å². The minimum atomic E-state index is -0.0594. The first kappa shape index (κ1) is 18.2. The zero-order valence-electron chi connectivity index (χ0n) is 14.6. The fourth-order valence-electron chi connectivity index (χ4n) is 2.87. The molecule has 1 fully saturated rings. The van der Waals surface area contributed by atoms with Gasteiger partial charge in [0, 0.05) is 57.1 Å². The Labute approximate surface area is 157 Å². The maximum absolute atomic E-state index is 12.7. The maximum atomic E-state index is 12.7. The molecule has 7 heteroatoms. The van der Waals surface area contributed by atoms with Crippen LogP contribution in [0.2, 0.25) is 5.02 Å². The second-order valence-electron chi connectivity index (χ2n) is 6.24. The molecular formula is C19H21ClN4O2. The SMILES string of the molecule is CC(=O)N1CCN(C(=O)c2cncc(NCc3ccc(Cl)cc3)c2)CC1. The van der Waals surface area contributed by atoms with Crippen LogP contribution in [0, 0.1) is 0 Å². The molecule has 6 nitrogen and oxygen atoms in total. The smallest absolute Gasteiger partial charge is 0.255 e. The van der Waals surface area contributed by atoms with E-state index in [2.05, 4.69) is 10.3 Å². The van der Waals surface area contributed by atoms with E-state index in [0.29, 0.717) is 43.3 Å². The zero-order valence-corrected chi connectivity index (χ0v) is 15.4. The summed E-state index contributed by atoms with van der Waals surface area (Å²) in [5, 5.41) is 3.97. The zero-order chi connectivity index (χ0) is 18.5. The van der Waals surface area contributed by atoms with E-state index in [4.69, 9.17) is 11.6 Å². The van der Waals surface area contributed by atoms with Crippen molar-refractivity contribution in [2.45, 2.75) is 13.5 Å². The number of rotatable bonds is 4. The van der Waals surface area contributed by atoms with Gasteiger partial charge in [0.15, 0.2) is 0 Å². The summed E-state index contributed by atoms with van der Waals surface area (Å²) >= 11 is 5.89. The van der Waals surface area contributed by atoms with Crippen molar-refractivity contribution in [3.05, 3.63) is 58.9 Å². The Bertz CT molecular complexity index is 786. The third kappa shape index (κ3) is 4.52. The third-order valence-corrected chi connectivity index (χ3v) is 4.66. The molecule has 0 unspecified atom stereocenters. The highest BCUT2D eigenvalue weighted by Crippen LogP contribution is 2.15. The van der Waals surface area contributed by atoms with E-state index in [1.165, 1.54) is 0 Å². The Morgan fingerprint density at radius 2 is 1.73 bits per heavy atom. The molecule has 1 N–H and O–H groups in total. The lowest BCUT2D eigenvalue weighted by Gasteiger charge is -2.34. The number of halogens is 1. The Hall–Kier alpha value is -2.60. The number of pyridine rings is 1. The van der Waals surface area contributed by atoms with E-state index in [1.54, 1.807) is 29.1 Å². The average molecular weight is 373 g/mol. The highest BCUT2D eigenvalue weighted by atomic mass is 35.5. The number of carbonyl (C=O) groups excluding carboxylic acids is 2. The van der Waals surface area contributed by atoms with Gasteiger partial charge in [-0.3, -0.25) is 14.6 Å². The third-order valence-electron chi connectivity index (χ3n) is 4.41. The quantitative estimate of drug-likeness (QED) is 0.896. The molecule has 2 amide bonds. The Kier molecular flexibility index (Phi) is 5.73. The predicted octanol–water partition coefficient (Wildman–Crippen LogP) is 2.65. The number of nitrogens with zero attached hydrogens (tertiary/aromatic N) is 3. The van der Waals surface area contributed by atoms with Crippen LogP contribution in [0.4, 0.5) is 5.69 Å². The van der Waals surface area contributed by atoms with E-state index in [0.717, 1.165) is 11.3 Å². The first-order valence-corrected chi connectivity index (χ1v) is 8.89. The largest absolute Gasteiger partial charge is 0.380 e. The number of carbonyl (C=O) groups is 2. The number of aromatic nitrogens is 1. The lowest BCUT2D eigenvalue weighted by atomic mass is 10.2. The molecule has 1 aromatic heterocycles. The summed E-state index contributed by atoms with van der Waals surface area (Å²) < 4.78 is 0. The molecule has 2 heterocycles. The van der Waals surface area contributed by atoms with Crippen molar-refractivity contribution in [2.24, 2.45) is 0 Å². The fourth-order valence-corrected chi connectivity index (χ4v) is 2.99. The normalized spacial score (nSPS) is 14.2. The molecule has 2 aromatic rings. The topological polar surface area (TPSA) is 65.5 Å². The summed E-state index contributed by atoms with van der Waals surface area (Å²) in [6.45, 7) is 4.40. The van der Waals surface area contributed by atoms with Crippen molar-refractivity contribution in [3.8, 4) is 0 Å². The monoisotopic (exact) mass is 372 g/mol. The molecule has 0 saturated carbocycles. The van der Waals surface area contributed by atoms with E-state index in [9.17, 15) is 9.59 Å². The molecule has 0 bridgehead atoms. The fraction of sp³-hybridized carbons (Fsp3) is 0.316. The highest BCUT2D eigenvalue weighted by molar-refractivity contribution is 6.30. The van der Waals surface area contributed by atoms with Gasteiger partial charge >= 0.3 is 0 Å². The van der Waals surface area contributed by atoms with Crippen molar-refractivity contribution < 1.29 is 9.59 Å². The summed E-state index contributed by atoms with van der Waals surface area (Å²) in [5.74, 6) is -0.0111. The van der Waals surface area contributed by atoms with Crippen LogP contribution in [0.1, 0.15) is 22.8 Å². The van der Waals surface area contributed by atoms with Gasteiger partial charge in [-0.2, -0.15) is 0 Å². The van der Waals surface area contributed by atoms with Crippen LogP contribution in [0.15, 0.2) is 42.7 Å². The second-order valence-corrected chi connectivity index (χ2v) is 6.68. The number of nitrogens with one attached hydrogen (secondary N) is 1. The van der Waals surface area contributed by atoms with Crippen molar-refractivity contribution in [1.29, 1.82) is 0 Å². The minimum absolute atomic E-state index is 0.0483. The van der Waals surface area contributed by atoms with Gasteiger partial charge in [-0.05, 0) is 23.8 Å². The van der Waals surface area contributed by atoms with Gasteiger partial charge in [-0.25, -0.2) is 0 Å². The molecule has 1 aliphatic rings. The molecule has 0 spiro atoms. The number of benzene rings is 1. The molecule has 1 aromatic carbocycles. The minimum Gasteiger partial charge on any atom is -0.380 e. The van der Waals surface area contributed by atoms with Crippen molar-refractivity contribution >= 4 is 29.1 Å². The van der Waals surface area contributed by atoms with Crippen molar-refractivity contribution in [2.75, 3.05) is 31.5 Å². The maximum Gasteiger partial charge on any atom is 0.255 e. The second kappa shape index (κ2) is 8.19. The summed E-state index contributed by atoms with van der Waals surface area (Å²) in [5.41, 5.74) is 2.42. The molecular weight excluding hydrogens is 352 g/mol. The number of anilines is 1. The van der Waals surface area contributed by atoms with Crippen LogP contribution in [0.5, 0.6) is 0 Å². The summed E-state index contributed by atoms with van der Waals surface area (Å²) in [6, 6.07) is 9.40. The number of hydrogen-bond acceptors (Lipinski definition) is 4. The first-order chi connectivity index (χ1) is 12.5. The average Bonchev–Trinajstić information content (AvgIpc) is 2.67. The molecule has 0 aliphatic carbocycles. The summed E-state index contributed by atoms with van der Waals surface area (Å²) in [4.78, 5) is 31.8. The highest BCUT2D eigenvalue weighted by Gasteiger charge is 2.23. The van der Waals surface area contributed by atoms with Crippen LogP contribution >= 0.6 is 11.6 Å². The molecule has 1 aliphatic heterocycles. The Morgan fingerprint density at radius 3 is 2.38 bits per heavy atom. The molecule has 1 saturated heterocycles. The van der Waals surface area contributed by atoms with E-state index in [-0.39, 0.29) is 11.8 Å². The van der Waals surface area contributed by atoms with Gasteiger partial charge in [0.25, 0.3) is 5.91 Å². The van der Waals surface area contributed by atoms with E-state index < -0.39 is 0 Å². The van der Waals surface area contributed by atoms with E-state index >= 15 is 0 Å². The summed E-state index contributed by atoms with van der Waals surface area (Å²) in [6.07, 6.45) is 3.27. The van der Waals surface area contributed by atoms with Crippen molar-refractivity contribution in [1.82, 2.24) is 14.8 Å². The molecule has 26 heavy (non-hydrogen) atoms. The van der Waals surface area contributed by atoms with Crippen molar-refractivity contribution in [3.63, 3.8) is 0 Å². The molecule has 3 rings (SSSR count). The number of hydrogen-bond donors (Lipinski definition) is 1. The van der Waals surface area contributed by atoms with Crippen LogP contribution in [-0.4, -0.2) is 52.8 Å². The summed E-state index contributed by atoms with van der Waals surface area (Å²) in [7, 11) is 0. The van der Waals surface area contributed by atoms with Gasteiger partial charge in [0.05, 0.1) is 11.3 Å². The van der Waals surface area contributed by atoms with E-state index in [1.807, 2.05) is 30.3 Å². The van der Waals surface area contributed by atoms with Crippen LogP contribution in [0.25, 0.3) is 0 Å². The van der Waals surface area contributed by atoms with Crippen LogP contribution in [0.3, 0.4) is 0 Å². The molecule has 136 valence electrons. The predicted molar refractivity (Wildman–Crippen MR) is 101 cm³/mol. The van der Waals surface area contributed by atoms with Crippen LogP contribution < -0.4 is 5.32 Å².